The number of fused-ring (bicyclic) bond motifs is 2. The maximum Gasteiger partial charge on any atom is 0.417 e. The topological polar surface area (TPSA) is 117 Å². The van der Waals surface area contributed by atoms with Gasteiger partial charge in [-0.15, -0.1) is 0 Å². The normalized spacial score (nSPS) is 19.8. The van der Waals surface area contributed by atoms with Crippen molar-refractivity contribution >= 4 is 39.7 Å². The fraction of sp³-hybridized carbons (Fsp3) is 0.350. The van der Waals surface area contributed by atoms with Crippen LogP contribution in [0.3, 0.4) is 0 Å². The molecule has 150 valence electrons. The molecule has 8 nitrogen and oxygen atoms in total. The largest absolute Gasteiger partial charge is 0.417 e. The van der Waals surface area contributed by atoms with E-state index in [4.69, 9.17) is 26.7 Å². The molecule has 3 heterocycles. The minimum Gasteiger partial charge on any atom is -0.408 e. The van der Waals surface area contributed by atoms with Gasteiger partial charge in [-0.05, 0) is 37.8 Å². The fourth-order valence-corrected chi connectivity index (χ4v) is 4.50. The molecule has 0 spiro atoms. The monoisotopic (exact) mass is 412 g/mol. The van der Waals surface area contributed by atoms with Crippen LogP contribution < -0.4 is 16.4 Å². The predicted molar refractivity (Wildman–Crippen MR) is 113 cm³/mol. The molecule has 0 radical (unpaired) electrons. The molecule has 5 rings (SSSR count). The van der Waals surface area contributed by atoms with Gasteiger partial charge in [-0.3, -0.25) is 4.98 Å². The molecule has 4 aromatic rings. The summed E-state index contributed by atoms with van der Waals surface area (Å²) in [6.07, 6.45) is 7.91. The van der Waals surface area contributed by atoms with Gasteiger partial charge < -0.3 is 20.0 Å². The van der Waals surface area contributed by atoms with E-state index in [0.29, 0.717) is 27.8 Å². The van der Waals surface area contributed by atoms with Crippen LogP contribution in [0.2, 0.25) is 5.02 Å². The number of H-pyrrole nitrogens is 2. The van der Waals surface area contributed by atoms with Gasteiger partial charge in [0.05, 0.1) is 11.2 Å². The van der Waals surface area contributed by atoms with E-state index in [2.05, 4.69) is 19.9 Å². The average Bonchev–Trinajstić information content (AvgIpc) is 3.30. The second kappa shape index (κ2) is 6.89. The molecular formula is C20H21ClN6O2. The van der Waals surface area contributed by atoms with Crippen molar-refractivity contribution in [3.63, 3.8) is 0 Å². The van der Waals surface area contributed by atoms with Crippen molar-refractivity contribution < 1.29 is 4.42 Å². The van der Waals surface area contributed by atoms with E-state index in [1.807, 2.05) is 19.3 Å². The number of anilines is 1. The number of benzene rings is 1. The van der Waals surface area contributed by atoms with Crippen molar-refractivity contribution in [2.45, 2.75) is 37.8 Å². The zero-order valence-electron chi connectivity index (χ0n) is 15.9. The van der Waals surface area contributed by atoms with Gasteiger partial charge in [0.25, 0.3) is 0 Å². The van der Waals surface area contributed by atoms with E-state index in [1.165, 1.54) is 0 Å². The molecule has 9 heteroatoms. The zero-order chi connectivity index (χ0) is 20.1. The number of aromatic amines is 2. The summed E-state index contributed by atoms with van der Waals surface area (Å²) in [5.41, 5.74) is 10.00. The highest BCUT2D eigenvalue weighted by Crippen LogP contribution is 2.36. The lowest BCUT2D eigenvalue weighted by Crippen LogP contribution is -2.41. The highest BCUT2D eigenvalue weighted by molar-refractivity contribution is 6.38. The minimum absolute atomic E-state index is 0.247. The van der Waals surface area contributed by atoms with Crippen LogP contribution in [0.5, 0.6) is 0 Å². The zero-order valence-corrected chi connectivity index (χ0v) is 16.7. The Morgan fingerprint density at radius 3 is 3.00 bits per heavy atom. The quantitative estimate of drug-likeness (QED) is 0.474. The molecule has 0 bridgehead atoms. The number of oxazole rings is 1. The maximum absolute atomic E-state index is 11.5. The maximum atomic E-state index is 11.5. The summed E-state index contributed by atoms with van der Waals surface area (Å²) in [6.45, 7) is 0. The Balaban J connectivity index is 1.53. The van der Waals surface area contributed by atoms with Crippen LogP contribution in [-0.2, 0) is 0 Å². The summed E-state index contributed by atoms with van der Waals surface area (Å²) in [4.78, 5) is 28.9. The van der Waals surface area contributed by atoms with Gasteiger partial charge in [0.1, 0.15) is 16.9 Å². The van der Waals surface area contributed by atoms with Crippen molar-refractivity contribution in [3.05, 3.63) is 40.1 Å². The number of hydrogen-bond acceptors (Lipinski definition) is 6. The summed E-state index contributed by atoms with van der Waals surface area (Å²) >= 11 is 6.53. The first kappa shape index (κ1) is 18.2. The summed E-state index contributed by atoms with van der Waals surface area (Å²) in [6, 6.07) is 4.15. The molecule has 0 amide bonds. The van der Waals surface area contributed by atoms with Gasteiger partial charge in [-0.1, -0.05) is 11.6 Å². The van der Waals surface area contributed by atoms with Gasteiger partial charge in [0.15, 0.2) is 11.2 Å². The Morgan fingerprint density at radius 2 is 2.17 bits per heavy atom. The number of rotatable bonds is 3. The van der Waals surface area contributed by atoms with E-state index in [9.17, 15) is 4.79 Å². The first-order chi connectivity index (χ1) is 14.0. The van der Waals surface area contributed by atoms with Gasteiger partial charge in [-0.25, -0.2) is 14.8 Å². The first-order valence-corrected chi connectivity index (χ1v) is 10.0. The van der Waals surface area contributed by atoms with Crippen molar-refractivity contribution in [3.8, 4) is 11.1 Å². The standard InChI is InChI=1S/C20H21ClN6O2/c1-27(11-4-2-3-10(22)7-11)15-9-23-17-13(8-24-19(17)25-15)12-5-6-14-18(16(12)21)26-20(28)29-14/h5-6,8-11H,2-4,7,22H2,1H3,(H,24,25)(H,26,28)/t10-,11-/m1/s1. The molecule has 1 aliphatic carbocycles. The van der Waals surface area contributed by atoms with Gasteiger partial charge >= 0.3 is 5.76 Å². The first-order valence-electron chi connectivity index (χ1n) is 9.65. The van der Waals surface area contributed by atoms with Crippen molar-refractivity contribution in [1.82, 2.24) is 19.9 Å². The molecular weight excluding hydrogens is 392 g/mol. The van der Waals surface area contributed by atoms with Crippen LogP contribution in [0.15, 0.2) is 33.7 Å². The highest BCUT2D eigenvalue weighted by atomic mass is 35.5. The number of nitrogens with one attached hydrogen (secondary N) is 2. The third-order valence-corrected chi connectivity index (χ3v) is 6.18. The Morgan fingerprint density at radius 1 is 1.31 bits per heavy atom. The van der Waals surface area contributed by atoms with E-state index in [1.54, 1.807) is 12.3 Å². The van der Waals surface area contributed by atoms with Gasteiger partial charge in [0, 0.05) is 36.5 Å². The van der Waals surface area contributed by atoms with Gasteiger partial charge in [-0.2, -0.15) is 0 Å². The Hall–Kier alpha value is -2.84. The van der Waals surface area contributed by atoms with Crippen molar-refractivity contribution in [2.75, 3.05) is 11.9 Å². The summed E-state index contributed by atoms with van der Waals surface area (Å²) < 4.78 is 5.07. The van der Waals surface area contributed by atoms with Crippen LogP contribution in [-0.4, -0.2) is 39.1 Å². The molecule has 0 saturated heterocycles. The number of hydrogen-bond donors (Lipinski definition) is 3. The molecule has 1 aliphatic rings. The molecule has 2 atom stereocenters. The Kier molecular flexibility index (Phi) is 4.33. The average molecular weight is 413 g/mol. The number of halogens is 1. The Labute approximate surface area is 171 Å². The lowest BCUT2D eigenvalue weighted by atomic mass is 9.91. The lowest BCUT2D eigenvalue weighted by molar-refractivity contribution is 0.381. The second-order valence-electron chi connectivity index (χ2n) is 7.63. The molecule has 1 saturated carbocycles. The third-order valence-electron chi connectivity index (χ3n) is 5.79. The Bertz CT molecular complexity index is 1260. The number of aromatic nitrogens is 4. The second-order valence-corrected chi connectivity index (χ2v) is 8.01. The van der Waals surface area contributed by atoms with E-state index < -0.39 is 5.76 Å². The SMILES string of the molecule is CN(c1cnc2c(-c3ccc4oc(=O)[nH]c4c3Cl)c[nH]c2n1)[C@@H]1CCC[C@@H](N)C1. The molecule has 4 N–H and O–H groups in total. The van der Waals surface area contributed by atoms with Crippen LogP contribution in [0.1, 0.15) is 25.7 Å². The predicted octanol–water partition coefficient (Wildman–Crippen LogP) is 3.42. The van der Waals surface area contributed by atoms with Crippen LogP contribution >= 0.6 is 11.6 Å². The summed E-state index contributed by atoms with van der Waals surface area (Å²) in [5.74, 6) is 0.276. The fourth-order valence-electron chi connectivity index (χ4n) is 4.20. The highest BCUT2D eigenvalue weighted by Gasteiger charge is 2.24. The van der Waals surface area contributed by atoms with E-state index in [-0.39, 0.29) is 6.04 Å². The van der Waals surface area contributed by atoms with E-state index in [0.717, 1.165) is 48.1 Å². The van der Waals surface area contributed by atoms with Crippen molar-refractivity contribution in [2.24, 2.45) is 5.73 Å². The minimum atomic E-state index is -0.534. The van der Waals surface area contributed by atoms with Crippen LogP contribution in [0.25, 0.3) is 33.4 Å². The molecule has 1 aromatic carbocycles. The number of nitrogens with zero attached hydrogens (tertiary/aromatic N) is 3. The summed E-state index contributed by atoms with van der Waals surface area (Å²) in [5, 5.41) is 0.411. The van der Waals surface area contributed by atoms with E-state index >= 15 is 0 Å². The van der Waals surface area contributed by atoms with Crippen LogP contribution in [0.4, 0.5) is 5.82 Å². The van der Waals surface area contributed by atoms with Crippen LogP contribution in [0, 0.1) is 0 Å². The lowest BCUT2D eigenvalue weighted by Gasteiger charge is -2.34. The molecule has 29 heavy (non-hydrogen) atoms. The molecule has 0 unspecified atom stereocenters. The molecule has 3 aromatic heterocycles. The van der Waals surface area contributed by atoms with Gasteiger partial charge in [0.2, 0.25) is 0 Å². The molecule has 0 aliphatic heterocycles. The molecule has 1 fully saturated rings. The summed E-state index contributed by atoms with van der Waals surface area (Å²) in [7, 11) is 2.04. The number of nitrogens with two attached hydrogens (primary N) is 1. The van der Waals surface area contributed by atoms with Crippen molar-refractivity contribution in [1.29, 1.82) is 0 Å². The smallest absolute Gasteiger partial charge is 0.408 e. The third kappa shape index (κ3) is 3.08.